The quantitative estimate of drug-likeness (QED) is 0.863. The first-order valence-corrected chi connectivity index (χ1v) is 9.16. The molecule has 136 valence electrons. The lowest BCUT2D eigenvalue weighted by molar-refractivity contribution is -0.121. The van der Waals surface area contributed by atoms with Crippen molar-refractivity contribution in [3.05, 3.63) is 29.8 Å². The minimum Gasteiger partial charge on any atom is -0.356 e. The summed E-state index contributed by atoms with van der Waals surface area (Å²) in [6.45, 7) is 4.97. The number of piperazine rings is 1. The Hall–Kier alpha value is -2.08. The van der Waals surface area contributed by atoms with Gasteiger partial charge >= 0.3 is 6.03 Å². The van der Waals surface area contributed by atoms with Gasteiger partial charge in [-0.25, -0.2) is 4.79 Å². The number of nitrogens with one attached hydrogen (secondary N) is 2. The van der Waals surface area contributed by atoms with Crippen molar-refractivity contribution in [1.29, 1.82) is 0 Å². The van der Waals surface area contributed by atoms with Crippen LogP contribution < -0.4 is 10.6 Å². The Kier molecular flexibility index (Phi) is 5.27. The largest absolute Gasteiger partial charge is 0.356 e. The molecule has 2 fully saturated rings. The molecule has 2 saturated heterocycles. The topological polar surface area (TPSA) is 64.7 Å². The van der Waals surface area contributed by atoms with Crippen LogP contribution in [0, 0.1) is 0 Å². The van der Waals surface area contributed by atoms with Crippen LogP contribution in [0.5, 0.6) is 0 Å². The number of urea groups is 1. The summed E-state index contributed by atoms with van der Waals surface area (Å²) in [6.07, 6.45) is 3.09. The van der Waals surface area contributed by atoms with Crippen LogP contribution in [0.4, 0.5) is 10.5 Å². The number of anilines is 1. The summed E-state index contributed by atoms with van der Waals surface area (Å²) in [5, 5.41) is 6.03. The van der Waals surface area contributed by atoms with E-state index in [1.807, 2.05) is 29.2 Å². The minimum atomic E-state index is -0.112. The molecule has 2 aliphatic heterocycles. The summed E-state index contributed by atoms with van der Waals surface area (Å²) >= 11 is 0. The molecule has 0 aliphatic carbocycles. The monoisotopic (exact) mass is 344 g/mol. The second-order valence-electron chi connectivity index (χ2n) is 7.11. The van der Waals surface area contributed by atoms with Gasteiger partial charge in [0.05, 0.1) is 0 Å². The molecule has 1 aromatic rings. The second-order valence-corrected chi connectivity index (χ2v) is 7.11. The van der Waals surface area contributed by atoms with Gasteiger partial charge < -0.3 is 15.5 Å². The van der Waals surface area contributed by atoms with E-state index >= 15 is 0 Å². The van der Waals surface area contributed by atoms with Crippen LogP contribution >= 0.6 is 0 Å². The Balaban J connectivity index is 1.72. The molecule has 0 aromatic heterocycles. The molecule has 0 bridgehead atoms. The summed E-state index contributed by atoms with van der Waals surface area (Å²) in [5.74, 6) is 0.115. The molecule has 2 aliphatic rings. The smallest absolute Gasteiger partial charge is 0.321 e. The Labute approximate surface area is 149 Å². The van der Waals surface area contributed by atoms with E-state index in [4.69, 9.17) is 0 Å². The molecular weight excluding hydrogens is 316 g/mol. The number of amides is 3. The SMILES string of the molecule is CCc1ccccc1NC(=O)N1CCN(C)[C@]2(CCNC(=O)CC2)C1. The van der Waals surface area contributed by atoms with Gasteiger partial charge in [-0.1, -0.05) is 25.1 Å². The van der Waals surface area contributed by atoms with Crippen molar-refractivity contribution in [3.63, 3.8) is 0 Å². The second kappa shape index (κ2) is 7.44. The molecule has 25 heavy (non-hydrogen) atoms. The van der Waals surface area contributed by atoms with Crippen molar-refractivity contribution in [2.24, 2.45) is 0 Å². The maximum atomic E-state index is 12.8. The number of benzene rings is 1. The van der Waals surface area contributed by atoms with Crippen LogP contribution in [0.15, 0.2) is 24.3 Å². The third-order valence-corrected chi connectivity index (χ3v) is 5.66. The van der Waals surface area contributed by atoms with E-state index in [1.54, 1.807) is 0 Å². The zero-order valence-electron chi connectivity index (χ0n) is 15.2. The lowest BCUT2D eigenvalue weighted by atomic mass is 9.86. The standard InChI is InChI=1S/C19H28N4O2/c1-3-15-6-4-5-7-16(15)21-18(25)23-13-12-22(2)19(14-23)9-8-17(24)20-11-10-19/h4-7H,3,8-14H2,1-2H3,(H,20,24)(H,21,25)/t19-/m1/s1. The molecule has 0 radical (unpaired) electrons. The van der Waals surface area contributed by atoms with Crippen molar-refractivity contribution in [2.75, 3.05) is 38.5 Å². The highest BCUT2D eigenvalue weighted by Gasteiger charge is 2.42. The summed E-state index contributed by atoms with van der Waals surface area (Å²) < 4.78 is 0. The van der Waals surface area contributed by atoms with Crippen molar-refractivity contribution < 1.29 is 9.59 Å². The Morgan fingerprint density at radius 2 is 2.08 bits per heavy atom. The molecule has 1 aromatic carbocycles. The van der Waals surface area contributed by atoms with E-state index < -0.39 is 0 Å². The maximum absolute atomic E-state index is 12.8. The molecule has 3 amide bonds. The van der Waals surface area contributed by atoms with Gasteiger partial charge in [0.1, 0.15) is 0 Å². The fraction of sp³-hybridized carbons (Fsp3) is 0.579. The van der Waals surface area contributed by atoms with Crippen LogP contribution in [-0.4, -0.2) is 60.5 Å². The molecule has 1 atom stereocenters. The lowest BCUT2D eigenvalue weighted by Gasteiger charge is -2.49. The van der Waals surface area contributed by atoms with Crippen LogP contribution in [0.25, 0.3) is 0 Å². The lowest BCUT2D eigenvalue weighted by Crippen LogP contribution is -2.62. The number of rotatable bonds is 2. The number of carbonyl (C=O) groups is 2. The molecule has 2 heterocycles. The third kappa shape index (κ3) is 3.79. The molecule has 3 rings (SSSR count). The van der Waals surface area contributed by atoms with E-state index in [9.17, 15) is 9.59 Å². The number of nitrogens with zero attached hydrogens (tertiary/aromatic N) is 2. The molecular formula is C19H28N4O2. The van der Waals surface area contributed by atoms with Crippen molar-refractivity contribution in [3.8, 4) is 0 Å². The minimum absolute atomic E-state index is 0.0445. The molecule has 6 heteroatoms. The van der Waals surface area contributed by atoms with E-state index in [0.29, 0.717) is 26.1 Å². The summed E-state index contributed by atoms with van der Waals surface area (Å²) in [4.78, 5) is 28.8. The first kappa shape index (κ1) is 17.7. The third-order valence-electron chi connectivity index (χ3n) is 5.66. The van der Waals surface area contributed by atoms with E-state index in [2.05, 4.69) is 29.5 Å². The highest BCUT2D eigenvalue weighted by atomic mass is 16.2. The zero-order valence-corrected chi connectivity index (χ0v) is 15.2. The number of likely N-dealkylation sites (N-methyl/N-ethyl adjacent to an activating group) is 1. The molecule has 6 nitrogen and oxygen atoms in total. The van der Waals surface area contributed by atoms with E-state index in [0.717, 1.165) is 37.1 Å². The van der Waals surface area contributed by atoms with Crippen molar-refractivity contribution >= 4 is 17.6 Å². The Morgan fingerprint density at radius 3 is 2.88 bits per heavy atom. The average molecular weight is 344 g/mol. The highest BCUT2D eigenvalue weighted by Crippen LogP contribution is 2.30. The van der Waals surface area contributed by atoms with Gasteiger partial charge in [-0.2, -0.15) is 0 Å². The predicted molar refractivity (Wildman–Crippen MR) is 98.6 cm³/mol. The predicted octanol–water partition coefficient (Wildman–Crippen LogP) is 2.07. The summed E-state index contributed by atoms with van der Waals surface area (Å²) in [5.41, 5.74) is 1.92. The maximum Gasteiger partial charge on any atom is 0.321 e. The Morgan fingerprint density at radius 1 is 1.28 bits per heavy atom. The number of hydrogen-bond donors (Lipinski definition) is 2. The van der Waals surface area contributed by atoms with Gasteiger partial charge in [-0.05, 0) is 37.9 Å². The molecule has 0 unspecified atom stereocenters. The molecule has 1 spiro atoms. The van der Waals surface area contributed by atoms with Gasteiger partial charge in [0.25, 0.3) is 0 Å². The first-order chi connectivity index (χ1) is 12.0. The van der Waals surface area contributed by atoms with Crippen molar-refractivity contribution in [1.82, 2.24) is 15.1 Å². The molecule has 0 saturated carbocycles. The first-order valence-electron chi connectivity index (χ1n) is 9.16. The number of aryl methyl sites for hydroxylation is 1. The highest BCUT2D eigenvalue weighted by molar-refractivity contribution is 5.90. The summed E-state index contributed by atoms with van der Waals surface area (Å²) in [6, 6.07) is 7.90. The van der Waals surface area contributed by atoms with Crippen LogP contribution in [0.1, 0.15) is 31.7 Å². The summed E-state index contributed by atoms with van der Waals surface area (Å²) in [7, 11) is 2.11. The van der Waals surface area contributed by atoms with Gasteiger partial charge in [-0.15, -0.1) is 0 Å². The number of para-hydroxylation sites is 1. The van der Waals surface area contributed by atoms with Crippen molar-refractivity contribution in [2.45, 2.75) is 38.1 Å². The van der Waals surface area contributed by atoms with E-state index in [-0.39, 0.29) is 17.5 Å². The van der Waals surface area contributed by atoms with Gasteiger partial charge in [-0.3, -0.25) is 9.69 Å². The van der Waals surface area contributed by atoms with Crippen LogP contribution in [0.2, 0.25) is 0 Å². The Bertz CT molecular complexity index is 648. The van der Waals surface area contributed by atoms with Gasteiger partial charge in [0.2, 0.25) is 5.91 Å². The number of carbonyl (C=O) groups excluding carboxylic acids is 2. The number of hydrogen-bond acceptors (Lipinski definition) is 3. The zero-order chi connectivity index (χ0) is 17.9. The van der Waals surface area contributed by atoms with Gasteiger partial charge in [0.15, 0.2) is 0 Å². The van der Waals surface area contributed by atoms with Gasteiger partial charge in [0, 0.05) is 43.8 Å². The fourth-order valence-corrected chi connectivity index (χ4v) is 3.92. The average Bonchev–Trinajstić information content (AvgIpc) is 2.80. The van der Waals surface area contributed by atoms with E-state index in [1.165, 1.54) is 0 Å². The van der Waals surface area contributed by atoms with Crippen LogP contribution in [-0.2, 0) is 11.2 Å². The van der Waals surface area contributed by atoms with Crippen LogP contribution in [0.3, 0.4) is 0 Å². The fourth-order valence-electron chi connectivity index (χ4n) is 3.92. The normalized spacial score (nSPS) is 24.7. The molecule has 2 N–H and O–H groups in total.